The molecule has 0 bridgehead atoms. The van der Waals surface area contributed by atoms with Crippen molar-refractivity contribution in [3.05, 3.63) is 60.7 Å². The van der Waals surface area contributed by atoms with Gasteiger partial charge in [0.25, 0.3) is 0 Å². The molecule has 27 heavy (non-hydrogen) atoms. The Hall–Kier alpha value is -2.53. The molecule has 0 unspecified atom stereocenters. The van der Waals surface area contributed by atoms with Gasteiger partial charge < -0.3 is 19.9 Å². The standard InChI is InChI=1S/C22H27N3O2/c26-21-22(25(18-23-21)19-8-3-1-4-9-19)12-15-24(16-13-22)14-7-17-27-20-10-5-2-6-11-20/h1-6,8-11H,7,12-18H2,(H,23,26). The van der Waals surface area contributed by atoms with Crippen LogP contribution in [0.15, 0.2) is 60.7 Å². The van der Waals surface area contributed by atoms with Gasteiger partial charge in [0.1, 0.15) is 11.3 Å². The van der Waals surface area contributed by atoms with Crippen molar-refractivity contribution < 1.29 is 9.53 Å². The molecule has 0 radical (unpaired) electrons. The maximum atomic E-state index is 12.7. The fraction of sp³-hybridized carbons (Fsp3) is 0.409. The Kier molecular flexibility index (Phi) is 5.30. The number of nitrogens with zero attached hydrogens (tertiary/aromatic N) is 2. The maximum absolute atomic E-state index is 12.7. The maximum Gasteiger partial charge on any atom is 0.247 e. The Bertz CT molecular complexity index is 743. The summed E-state index contributed by atoms with van der Waals surface area (Å²) in [5.74, 6) is 1.11. The van der Waals surface area contributed by atoms with Crippen molar-refractivity contribution >= 4 is 11.6 Å². The van der Waals surface area contributed by atoms with E-state index < -0.39 is 5.54 Å². The van der Waals surface area contributed by atoms with Crippen LogP contribution < -0.4 is 15.0 Å². The quantitative estimate of drug-likeness (QED) is 0.800. The number of rotatable bonds is 6. The molecule has 2 aromatic rings. The second-order valence-corrected chi connectivity index (χ2v) is 7.32. The van der Waals surface area contributed by atoms with Crippen molar-refractivity contribution in [1.82, 2.24) is 10.2 Å². The molecule has 1 N–H and O–H groups in total. The van der Waals surface area contributed by atoms with Crippen LogP contribution in [0.3, 0.4) is 0 Å². The molecule has 2 saturated heterocycles. The molecule has 5 nitrogen and oxygen atoms in total. The largest absolute Gasteiger partial charge is 0.494 e. The van der Waals surface area contributed by atoms with Gasteiger partial charge in [-0.1, -0.05) is 36.4 Å². The van der Waals surface area contributed by atoms with Crippen LogP contribution in [-0.2, 0) is 4.79 Å². The minimum absolute atomic E-state index is 0.179. The van der Waals surface area contributed by atoms with Crippen LogP contribution in [0.5, 0.6) is 5.75 Å². The summed E-state index contributed by atoms with van der Waals surface area (Å²) in [6.45, 7) is 4.23. The van der Waals surface area contributed by atoms with Gasteiger partial charge in [-0.25, -0.2) is 0 Å². The number of ether oxygens (including phenoxy) is 1. The van der Waals surface area contributed by atoms with Crippen molar-refractivity contribution in [2.45, 2.75) is 24.8 Å². The molecule has 2 heterocycles. The van der Waals surface area contributed by atoms with Gasteiger partial charge >= 0.3 is 0 Å². The summed E-state index contributed by atoms with van der Waals surface area (Å²) in [7, 11) is 0. The highest BCUT2D eigenvalue weighted by atomic mass is 16.5. The first kappa shape index (κ1) is 17.9. The average Bonchev–Trinajstić information content (AvgIpc) is 3.04. The third kappa shape index (κ3) is 3.78. The van der Waals surface area contributed by atoms with Crippen LogP contribution in [0.4, 0.5) is 5.69 Å². The third-order valence-corrected chi connectivity index (χ3v) is 5.72. The van der Waals surface area contributed by atoms with Crippen molar-refractivity contribution in [1.29, 1.82) is 0 Å². The predicted octanol–water partition coefficient (Wildman–Crippen LogP) is 2.88. The van der Waals surface area contributed by atoms with Gasteiger partial charge in [-0.15, -0.1) is 0 Å². The monoisotopic (exact) mass is 365 g/mol. The van der Waals surface area contributed by atoms with Crippen LogP contribution in [0.1, 0.15) is 19.3 Å². The number of benzene rings is 2. The van der Waals surface area contributed by atoms with E-state index in [0.717, 1.165) is 56.9 Å². The van der Waals surface area contributed by atoms with Gasteiger partial charge in [-0.05, 0) is 43.5 Å². The van der Waals surface area contributed by atoms with E-state index in [2.05, 4.69) is 27.2 Å². The second kappa shape index (κ2) is 8.01. The fourth-order valence-corrected chi connectivity index (χ4v) is 4.17. The Balaban J connectivity index is 1.29. The number of nitrogens with one attached hydrogen (secondary N) is 1. The number of para-hydroxylation sites is 2. The number of anilines is 1. The minimum atomic E-state index is -0.390. The number of hydrogen-bond donors (Lipinski definition) is 1. The molecule has 2 aliphatic rings. The Morgan fingerprint density at radius 2 is 1.63 bits per heavy atom. The lowest BCUT2D eigenvalue weighted by molar-refractivity contribution is -0.125. The van der Waals surface area contributed by atoms with E-state index in [-0.39, 0.29) is 5.91 Å². The van der Waals surface area contributed by atoms with E-state index >= 15 is 0 Å². The molecule has 5 heteroatoms. The van der Waals surface area contributed by atoms with Crippen molar-refractivity contribution in [3.8, 4) is 5.75 Å². The molecule has 1 spiro atoms. The van der Waals surface area contributed by atoms with Crippen molar-refractivity contribution in [3.63, 3.8) is 0 Å². The van der Waals surface area contributed by atoms with E-state index in [1.165, 1.54) is 0 Å². The number of carbonyl (C=O) groups is 1. The molecular formula is C22H27N3O2. The zero-order valence-corrected chi connectivity index (χ0v) is 15.6. The minimum Gasteiger partial charge on any atom is -0.494 e. The molecule has 1 amide bonds. The van der Waals surface area contributed by atoms with Crippen molar-refractivity contribution in [2.24, 2.45) is 0 Å². The summed E-state index contributed by atoms with van der Waals surface area (Å²) in [6.07, 6.45) is 2.73. The topological polar surface area (TPSA) is 44.8 Å². The summed E-state index contributed by atoms with van der Waals surface area (Å²) in [5, 5.41) is 3.06. The molecule has 142 valence electrons. The van der Waals surface area contributed by atoms with Gasteiger partial charge in [-0.3, -0.25) is 4.79 Å². The second-order valence-electron chi connectivity index (χ2n) is 7.32. The highest BCUT2D eigenvalue weighted by Crippen LogP contribution is 2.36. The van der Waals surface area contributed by atoms with Gasteiger partial charge in [-0.2, -0.15) is 0 Å². The fourth-order valence-electron chi connectivity index (χ4n) is 4.17. The average molecular weight is 365 g/mol. The zero-order chi connectivity index (χ0) is 18.5. The molecule has 2 aromatic carbocycles. The molecular weight excluding hydrogens is 338 g/mol. The molecule has 0 aromatic heterocycles. The molecule has 0 saturated carbocycles. The SMILES string of the molecule is O=C1NCN(c2ccccc2)C12CCN(CCCOc1ccccc1)CC2. The van der Waals surface area contributed by atoms with E-state index in [1.54, 1.807) is 0 Å². The van der Waals surface area contributed by atoms with E-state index in [4.69, 9.17) is 4.74 Å². The third-order valence-electron chi connectivity index (χ3n) is 5.72. The molecule has 0 atom stereocenters. The predicted molar refractivity (Wildman–Crippen MR) is 107 cm³/mol. The lowest BCUT2D eigenvalue weighted by atomic mass is 9.85. The summed E-state index contributed by atoms with van der Waals surface area (Å²) >= 11 is 0. The number of carbonyl (C=O) groups excluding carboxylic acids is 1. The van der Waals surface area contributed by atoms with Gasteiger partial charge in [0.2, 0.25) is 5.91 Å². The van der Waals surface area contributed by atoms with Crippen LogP contribution >= 0.6 is 0 Å². The summed E-state index contributed by atoms with van der Waals surface area (Å²) in [4.78, 5) is 17.4. The highest BCUT2D eigenvalue weighted by Gasteiger charge is 2.50. The first-order valence-electron chi connectivity index (χ1n) is 9.79. The number of hydrogen-bond acceptors (Lipinski definition) is 4. The van der Waals surface area contributed by atoms with Gasteiger partial charge in [0, 0.05) is 25.3 Å². The normalized spacial score (nSPS) is 19.3. The first-order chi connectivity index (χ1) is 13.3. The Labute approximate surface area is 160 Å². The lowest BCUT2D eigenvalue weighted by Crippen LogP contribution is -2.56. The number of amides is 1. The first-order valence-corrected chi connectivity index (χ1v) is 9.79. The molecule has 2 aliphatic heterocycles. The van der Waals surface area contributed by atoms with Crippen molar-refractivity contribution in [2.75, 3.05) is 37.8 Å². The van der Waals surface area contributed by atoms with E-state index in [1.807, 2.05) is 48.5 Å². The highest BCUT2D eigenvalue weighted by molar-refractivity contribution is 5.93. The number of likely N-dealkylation sites (tertiary alicyclic amines) is 1. The smallest absolute Gasteiger partial charge is 0.247 e. The van der Waals surface area contributed by atoms with Crippen LogP contribution in [0.2, 0.25) is 0 Å². The van der Waals surface area contributed by atoms with Gasteiger partial charge in [0.05, 0.1) is 13.3 Å². The summed E-state index contributed by atoms with van der Waals surface area (Å²) in [6, 6.07) is 20.2. The summed E-state index contributed by atoms with van der Waals surface area (Å²) in [5.41, 5.74) is 0.735. The molecule has 0 aliphatic carbocycles. The number of piperidine rings is 1. The van der Waals surface area contributed by atoms with E-state index in [0.29, 0.717) is 6.67 Å². The van der Waals surface area contributed by atoms with Crippen LogP contribution in [0.25, 0.3) is 0 Å². The zero-order valence-electron chi connectivity index (χ0n) is 15.6. The molecule has 4 rings (SSSR count). The van der Waals surface area contributed by atoms with Crippen LogP contribution in [0, 0.1) is 0 Å². The van der Waals surface area contributed by atoms with Gasteiger partial charge in [0.15, 0.2) is 0 Å². The molecule has 2 fully saturated rings. The van der Waals surface area contributed by atoms with Crippen LogP contribution in [-0.4, -0.2) is 49.3 Å². The summed E-state index contributed by atoms with van der Waals surface area (Å²) < 4.78 is 5.78. The Morgan fingerprint density at radius 3 is 2.33 bits per heavy atom. The van der Waals surface area contributed by atoms with E-state index in [9.17, 15) is 4.79 Å². The lowest BCUT2D eigenvalue weighted by Gasteiger charge is -2.43. The Morgan fingerprint density at radius 1 is 0.963 bits per heavy atom.